The third kappa shape index (κ3) is 6.19. The van der Waals surface area contributed by atoms with Gasteiger partial charge >= 0.3 is 0 Å². The fourth-order valence-corrected chi connectivity index (χ4v) is 4.54. The van der Waals surface area contributed by atoms with E-state index in [0.29, 0.717) is 24.3 Å². The highest BCUT2D eigenvalue weighted by atomic mass is 32.2. The van der Waals surface area contributed by atoms with Gasteiger partial charge in [0.05, 0.1) is 11.5 Å². The van der Waals surface area contributed by atoms with Crippen LogP contribution in [0.15, 0.2) is 77.7 Å². The number of anilines is 1. The normalized spacial score (nSPS) is 12.3. The smallest absolute Gasteiger partial charge is 0.238 e. The molecule has 1 atom stereocenters. The van der Waals surface area contributed by atoms with Gasteiger partial charge in [-0.2, -0.15) is 0 Å². The number of nitrogens with one attached hydrogen (secondary N) is 1. The Bertz CT molecular complexity index is 1210. The van der Waals surface area contributed by atoms with Crippen LogP contribution < -0.4 is 15.8 Å². The van der Waals surface area contributed by atoms with E-state index in [1.165, 1.54) is 6.07 Å². The Morgan fingerprint density at radius 1 is 1.06 bits per heavy atom. The molecule has 7 nitrogen and oxygen atoms in total. The molecule has 0 spiro atoms. The van der Waals surface area contributed by atoms with E-state index in [9.17, 15) is 8.42 Å². The zero-order chi connectivity index (χ0) is 24.0. The maximum atomic E-state index is 12.0. The van der Waals surface area contributed by atoms with Crippen molar-refractivity contribution in [3.8, 4) is 11.1 Å². The fraction of sp³-hybridized carbons (Fsp3) is 0.240. The first-order valence-electron chi connectivity index (χ1n) is 10.6. The van der Waals surface area contributed by atoms with E-state index in [-0.39, 0.29) is 16.6 Å². The van der Waals surface area contributed by atoms with Crippen LogP contribution in [0.5, 0.6) is 0 Å². The van der Waals surface area contributed by atoms with Crippen LogP contribution in [0.3, 0.4) is 0 Å². The molecule has 0 amide bonds. The Hall–Kier alpha value is -3.20. The van der Waals surface area contributed by atoms with E-state index in [4.69, 9.17) is 21.0 Å². The number of primary sulfonamides is 1. The van der Waals surface area contributed by atoms with Gasteiger partial charge in [-0.25, -0.2) is 13.6 Å². The van der Waals surface area contributed by atoms with Gasteiger partial charge in [0, 0.05) is 37.0 Å². The topological polar surface area (TPSA) is 122 Å². The summed E-state index contributed by atoms with van der Waals surface area (Å²) >= 11 is 0. The third-order valence-corrected chi connectivity index (χ3v) is 6.54. The molecule has 3 aromatic carbocycles. The van der Waals surface area contributed by atoms with Crippen molar-refractivity contribution in [1.29, 1.82) is 5.41 Å². The van der Waals surface area contributed by atoms with Gasteiger partial charge in [0.1, 0.15) is 5.84 Å². The lowest BCUT2D eigenvalue weighted by molar-refractivity contribution is 0.205. The standard InChI is InChI=1S/C25H30N4O3S/c1-18(17-29(14-15-32-2)22-7-5-6-21(16-22)25(26)27)19-10-12-20(13-11-19)23-8-3-4-9-24(23)33(28,30)31/h3-13,16,18H,14-15,17H2,1-2H3,(H3,26,27)(H2,28,30,31). The molecule has 0 saturated heterocycles. The second kappa shape index (κ2) is 10.6. The summed E-state index contributed by atoms with van der Waals surface area (Å²) in [5.74, 6) is 0.220. The van der Waals surface area contributed by atoms with Gasteiger partial charge in [0.25, 0.3) is 0 Å². The van der Waals surface area contributed by atoms with Gasteiger partial charge in [-0.3, -0.25) is 5.41 Å². The van der Waals surface area contributed by atoms with Crippen LogP contribution in [-0.2, 0) is 14.8 Å². The summed E-state index contributed by atoms with van der Waals surface area (Å²) in [7, 11) is -2.14. The fourth-order valence-electron chi connectivity index (χ4n) is 3.78. The van der Waals surface area contributed by atoms with Crippen molar-refractivity contribution in [3.05, 3.63) is 83.9 Å². The maximum absolute atomic E-state index is 12.0. The molecular formula is C25H30N4O3S. The van der Waals surface area contributed by atoms with Crippen molar-refractivity contribution >= 4 is 21.5 Å². The second-order valence-corrected chi connectivity index (χ2v) is 9.50. The molecule has 0 heterocycles. The maximum Gasteiger partial charge on any atom is 0.238 e. The monoisotopic (exact) mass is 466 g/mol. The summed E-state index contributed by atoms with van der Waals surface area (Å²) in [4.78, 5) is 2.33. The van der Waals surface area contributed by atoms with Crippen molar-refractivity contribution in [2.24, 2.45) is 10.9 Å². The molecule has 0 radical (unpaired) electrons. The zero-order valence-electron chi connectivity index (χ0n) is 18.9. The lowest BCUT2D eigenvalue weighted by Gasteiger charge is -2.28. The molecule has 5 N–H and O–H groups in total. The number of nitrogens with zero attached hydrogens (tertiary/aromatic N) is 1. The highest BCUT2D eigenvalue weighted by Crippen LogP contribution is 2.29. The molecule has 0 aliphatic carbocycles. The lowest BCUT2D eigenvalue weighted by Crippen LogP contribution is -2.31. The number of rotatable bonds is 10. The average Bonchev–Trinajstić information content (AvgIpc) is 2.81. The van der Waals surface area contributed by atoms with Crippen molar-refractivity contribution in [2.45, 2.75) is 17.7 Å². The van der Waals surface area contributed by atoms with Crippen molar-refractivity contribution in [3.63, 3.8) is 0 Å². The molecule has 0 aliphatic heterocycles. The van der Waals surface area contributed by atoms with Crippen LogP contribution in [0.1, 0.15) is 24.0 Å². The van der Waals surface area contributed by atoms with Gasteiger partial charge in [-0.05, 0) is 35.2 Å². The number of sulfonamides is 1. The predicted octanol–water partition coefficient (Wildman–Crippen LogP) is 3.54. The molecule has 0 fully saturated rings. The molecule has 0 saturated carbocycles. The molecule has 0 aliphatic rings. The Kier molecular flexibility index (Phi) is 7.86. The zero-order valence-corrected chi connectivity index (χ0v) is 19.7. The second-order valence-electron chi connectivity index (χ2n) is 7.97. The summed E-state index contributed by atoms with van der Waals surface area (Å²) in [6.45, 7) is 4.14. The van der Waals surface area contributed by atoms with E-state index >= 15 is 0 Å². The van der Waals surface area contributed by atoms with Gasteiger partial charge < -0.3 is 15.4 Å². The first-order valence-corrected chi connectivity index (χ1v) is 12.2. The Balaban J connectivity index is 1.83. The lowest BCUT2D eigenvalue weighted by atomic mass is 9.96. The Morgan fingerprint density at radius 2 is 1.76 bits per heavy atom. The first-order chi connectivity index (χ1) is 15.7. The first kappa shape index (κ1) is 24.4. The number of nitrogen functional groups attached to an aromatic ring is 1. The third-order valence-electron chi connectivity index (χ3n) is 5.57. The van der Waals surface area contributed by atoms with Gasteiger partial charge in [0.2, 0.25) is 10.0 Å². The van der Waals surface area contributed by atoms with Crippen molar-refractivity contribution < 1.29 is 13.2 Å². The molecule has 8 heteroatoms. The summed E-state index contributed by atoms with van der Waals surface area (Å²) < 4.78 is 29.2. The van der Waals surface area contributed by atoms with Gasteiger partial charge in [0.15, 0.2) is 0 Å². The summed E-state index contributed by atoms with van der Waals surface area (Å²) in [5, 5.41) is 13.1. The number of nitrogens with two attached hydrogens (primary N) is 2. The molecule has 33 heavy (non-hydrogen) atoms. The largest absolute Gasteiger partial charge is 0.384 e. The molecular weight excluding hydrogens is 436 g/mol. The van der Waals surface area contributed by atoms with Gasteiger partial charge in [-0.1, -0.05) is 61.5 Å². The highest BCUT2D eigenvalue weighted by molar-refractivity contribution is 7.89. The van der Waals surface area contributed by atoms with Crippen LogP contribution in [0, 0.1) is 5.41 Å². The van der Waals surface area contributed by atoms with E-state index in [1.54, 1.807) is 25.3 Å². The SMILES string of the molecule is COCCN(CC(C)c1ccc(-c2ccccc2S(N)(=O)=O)cc1)c1cccc(C(=N)N)c1. The summed E-state index contributed by atoms with van der Waals surface area (Å²) in [5.41, 5.74) is 9.83. The summed E-state index contributed by atoms with van der Waals surface area (Å²) in [6.07, 6.45) is 0. The number of hydrogen-bond acceptors (Lipinski definition) is 5. The predicted molar refractivity (Wildman–Crippen MR) is 133 cm³/mol. The number of benzene rings is 3. The highest BCUT2D eigenvalue weighted by Gasteiger charge is 2.17. The van der Waals surface area contributed by atoms with Crippen LogP contribution >= 0.6 is 0 Å². The number of amidine groups is 1. The minimum Gasteiger partial charge on any atom is -0.384 e. The van der Waals surface area contributed by atoms with Crippen LogP contribution in [-0.4, -0.2) is 41.1 Å². The number of ether oxygens (including phenoxy) is 1. The van der Waals surface area contributed by atoms with E-state index in [1.807, 2.05) is 48.5 Å². The quantitative estimate of drug-likeness (QED) is 0.312. The average molecular weight is 467 g/mol. The Labute approximate surface area is 195 Å². The van der Waals surface area contributed by atoms with Crippen molar-refractivity contribution in [1.82, 2.24) is 0 Å². The van der Waals surface area contributed by atoms with Crippen LogP contribution in [0.4, 0.5) is 5.69 Å². The molecule has 3 aromatic rings. The van der Waals surface area contributed by atoms with Gasteiger partial charge in [-0.15, -0.1) is 0 Å². The van der Waals surface area contributed by atoms with Crippen LogP contribution in [0.25, 0.3) is 11.1 Å². The molecule has 174 valence electrons. The van der Waals surface area contributed by atoms with E-state index in [2.05, 4.69) is 11.8 Å². The van der Waals surface area contributed by atoms with Crippen LogP contribution in [0.2, 0.25) is 0 Å². The minimum absolute atomic E-state index is 0.0342. The Morgan fingerprint density at radius 3 is 2.39 bits per heavy atom. The van der Waals surface area contributed by atoms with E-state index < -0.39 is 10.0 Å². The number of hydrogen-bond donors (Lipinski definition) is 3. The van der Waals surface area contributed by atoms with E-state index in [0.717, 1.165) is 23.4 Å². The molecule has 0 bridgehead atoms. The summed E-state index contributed by atoms with van der Waals surface area (Å²) in [6, 6.07) is 22.2. The molecule has 1 unspecified atom stereocenters. The minimum atomic E-state index is -3.82. The van der Waals surface area contributed by atoms with Crippen molar-refractivity contribution in [2.75, 3.05) is 31.7 Å². The molecule has 3 rings (SSSR count). The number of methoxy groups -OCH3 is 1. The molecule has 0 aromatic heterocycles.